The molecule has 0 saturated carbocycles. The second kappa shape index (κ2) is 6.23. The first-order valence-corrected chi connectivity index (χ1v) is 8.50. The monoisotopic (exact) mass is 333 g/mol. The van der Waals surface area contributed by atoms with Gasteiger partial charge in [-0.15, -0.1) is 0 Å². The molecule has 1 nitrogen and oxygen atoms in total. The van der Waals surface area contributed by atoms with E-state index in [2.05, 4.69) is 56.1 Å². The van der Waals surface area contributed by atoms with Gasteiger partial charge in [0.05, 0.1) is 10.0 Å². The van der Waals surface area contributed by atoms with Gasteiger partial charge in [0.25, 0.3) is 0 Å². The summed E-state index contributed by atoms with van der Waals surface area (Å²) in [5.41, 5.74) is 4.11. The van der Waals surface area contributed by atoms with E-state index in [4.69, 9.17) is 23.2 Å². The number of fused-ring (bicyclic) bond motifs is 1. The van der Waals surface area contributed by atoms with Crippen LogP contribution in [-0.2, 0) is 0 Å². The molecule has 3 rings (SSSR count). The lowest BCUT2D eigenvalue weighted by Gasteiger charge is -2.29. The van der Waals surface area contributed by atoms with Crippen LogP contribution in [0.1, 0.15) is 48.9 Å². The molecule has 2 aromatic rings. The van der Waals surface area contributed by atoms with Crippen LogP contribution in [0, 0.1) is 0 Å². The highest BCUT2D eigenvalue weighted by molar-refractivity contribution is 6.42. The first-order chi connectivity index (χ1) is 10.5. The van der Waals surface area contributed by atoms with Crippen molar-refractivity contribution in [1.29, 1.82) is 0 Å². The summed E-state index contributed by atoms with van der Waals surface area (Å²) in [6.45, 7) is 4.49. The lowest BCUT2D eigenvalue weighted by Crippen LogP contribution is -2.29. The molecule has 22 heavy (non-hydrogen) atoms. The van der Waals surface area contributed by atoms with Crippen molar-refractivity contribution in [3.63, 3.8) is 0 Å². The molecule has 0 spiro atoms. The van der Waals surface area contributed by atoms with Crippen molar-refractivity contribution in [1.82, 2.24) is 4.90 Å². The Morgan fingerprint density at radius 2 is 1.68 bits per heavy atom. The predicted molar refractivity (Wildman–Crippen MR) is 95.0 cm³/mol. The Bertz CT molecular complexity index is 681. The van der Waals surface area contributed by atoms with Crippen molar-refractivity contribution < 1.29 is 0 Å². The van der Waals surface area contributed by atoms with Crippen molar-refractivity contribution >= 4 is 23.2 Å². The Kier molecular flexibility index (Phi) is 4.49. The third-order valence-corrected chi connectivity index (χ3v) is 5.58. The number of hydrogen-bond donors (Lipinski definition) is 0. The molecule has 3 heteroatoms. The number of halogens is 2. The molecule has 0 aliphatic heterocycles. The summed E-state index contributed by atoms with van der Waals surface area (Å²) in [4.78, 5) is 2.45. The largest absolute Gasteiger partial charge is 0.297 e. The van der Waals surface area contributed by atoms with E-state index in [1.54, 1.807) is 0 Å². The van der Waals surface area contributed by atoms with Crippen LogP contribution in [-0.4, -0.2) is 18.0 Å². The molecule has 116 valence electrons. The number of benzene rings is 2. The Morgan fingerprint density at radius 1 is 1.00 bits per heavy atom. The second-order valence-corrected chi connectivity index (χ2v) is 7.18. The second-order valence-electron chi connectivity index (χ2n) is 6.37. The lowest BCUT2D eigenvalue weighted by molar-refractivity contribution is 0.193. The third-order valence-electron chi connectivity index (χ3n) is 4.84. The summed E-state index contributed by atoms with van der Waals surface area (Å²) in [6.07, 6.45) is 1.09. The predicted octanol–water partition coefficient (Wildman–Crippen LogP) is 5.91. The molecule has 1 aliphatic rings. The van der Waals surface area contributed by atoms with Gasteiger partial charge < -0.3 is 0 Å². The molecule has 0 N–H and O–H groups in total. The maximum Gasteiger partial charge on any atom is 0.0595 e. The van der Waals surface area contributed by atoms with Crippen molar-refractivity contribution in [2.24, 2.45) is 0 Å². The summed E-state index contributed by atoms with van der Waals surface area (Å²) in [7, 11) is 2.21. The van der Waals surface area contributed by atoms with E-state index in [0.29, 0.717) is 28.0 Å². The van der Waals surface area contributed by atoms with Gasteiger partial charge in [0.1, 0.15) is 0 Å². The van der Waals surface area contributed by atoms with E-state index in [9.17, 15) is 0 Å². The SMILES string of the molecule is CC(C)N(C)[C@H]1C[C@H](c2ccc(Cl)c(Cl)c2)c2ccccc21. The molecule has 0 fully saturated rings. The van der Waals surface area contributed by atoms with Crippen LogP contribution in [0.3, 0.4) is 0 Å². The van der Waals surface area contributed by atoms with Crippen LogP contribution in [0.5, 0.6) is 0 Å². The van der Waals surface area contributed by atoms with Gasteiger partial charge >= 0.3 is 0 Å². The van der Waals surface area contributed by atoms with E-state index in [0.717, 1.165) is 6.42 Å². The molecular formula is C19H21Cl2N. The standard InChI is InChI=1S/C19H21Cl2N/c1-12(2)22(3)19-11-16(14-6-4-5-7-15(14)19)13-8-9-17(20)18(21)10-13/h4-10,12,16,19H,11H2,1-3H3/t16-,19+/m1/s1. The zero-order chi connectivity index (χ0) is 15.9. The summed E-state index contributed by atoms with van der Waals surface area (Å²) in [6, 6.07) is 15.8. The van der Waals surface area contributed by atoms with Gasteiger partial charge in [0.15, 0.2) is 0 Å². The van der Waals surface area contributed by atoms with Gasteiger partial charge in [-0.05, 0) is 56.1 Å². The van der Waals surface area contributed by atoms with Gasteiger partial charge in [0.2, 0.25) is 0 Å². The molecule has 0 radical (unpaired) electrons. The molecule has 2 aromatic carbocycles. The third kappa shape index (κ3) is 2.78. The average Bonchev–Trinajstić information content (AvgIpc) is 2.89. The van der Waals surface area contributed by atoms with E-state index in [1.165, 1.54) is 16.7 Å². The quantitative estimate of drug-likeness (QED) is 0.674. The normalized spacial score (nSPS) is 20.7. The van der Waals surface area contributed by atoms with Crippen LogP contribution in [0.15, 0.2) is 42.5 Å². The zero-order valence-electron chi connectivity index (χ0n) is 13.2. The summed E-state index contributed by atoms with van der Waals surface area (Å²) < 4.78 is 0. The average molecular weight is 334 g/mol. The Morgan fingerprint density at radius 3 is 2.32 bits per heavy atom. The number of hydrogen-bond acceptors (Lipinski definition) is 1. The van der Waals surface area contributed by atoms with Gasteiger partial charge in [-0.2, -0.15) is 0 Å². The highest BCUT2D eigenvalue weighted by Gasteiger charge is 2.34. The topological polar surface area (TPSA) is 3.24 Å². The fraction of sp³-hybridized carbons (Fsp3) is 0.368. The molecule has 0 saturated heterocycles. The van der Waals surface area contributed by atoms with E-state index in [-0.39, 0.29) is 0 Å². The Hall–Kier alpha value is -1.02. The molecule has 0 unspecified atom stereocenters. The highest BCUT2D eigenvalue weighted by atomic mass is 35.5. The van der Waals surface area contributed by atoms with Crippen LogP contribution >= 0.6 is 23.2 Å². The molecule has 0 heterocycles. The van der Waals surface area contributed by atoms with E-state index in [1.807, 2.05) is 12.1 Å². The molecule has 1 aliphatic carbocycles. The molecule has 0 amide bonds. The summed E-state index contributed by atoms with van der Waals surface area (Å²) in [5, 5.41) is 1.25. The Labute approximate surface area is 142 Å². The minimum absolute atomic E-state index is 0.386. The van der Waals surface area contributed by atoms with Crippen molar-refractivity contribution in [2.45, 2.75) is 38.3 Å². The fourth-order valence-corrected chi connectivity index (χ4v) is 3.71. The van der Waals surface area contributed by atoms with Gasteiger partial charge in [-0.3, -0.25) is 4.90 Å². The molecule has 2 atom stereocenters. The number of nitrogens with zero attached hydrogens (tertiary/aromatic N) is 1. The maximum absolute atomic E-state index is 6.23. The fourth-order valence-electron chi connectivity index (χ4n) is 3.40. The van der Waals surface area contributed by atoms with Crippen LogP contribution < -0.4 is 0 Å². The van der Waals surface area contributed by atoms with Crippen LogP contribution in [0.2, 0.25) is 10.0 Å². The summed E-state index contributed by atoms with van der Waals surface area (Å²) in [5.74, 6) is 0.386. The van der Waals surface area contributed by atoms with Crippen LogP contribution in [0.4, 0.5) is 0 Å². The molecule has 0 aromatic heterocycles. The molecule has 0 bridgehead atoms. The smallest absolute Gasteiger partial charge is 0.0595 e. The van der Waals surface area contributed by atoms with Crippen molar-refractivity contribution in [3.05, 3.63) is 69.2 Å². The van der Waals surface area contributed by atoms with Gasteiger partial charge in [-0.25, -0.2) is 0 Å². The van der Waals surface area contributed by atoms with Crippen molar-refractivity contribution in [3.8, 4) is 0 Å². The minimum Gasteiger partial charge on any atom is -0.297 e. The highest BCUT2D eigenvalue weighted by Crippen LogP contribution is 2.47. The Balaban J connectivity index is 2.02. The molecular weight excluding hydrogens is 313 g/mol. The van der Waals surface area contributed by atoms with Crippen LogP contribution in [0.25, 0.3) is 0 Å². The minimum atomic E-state index is 0.386. The van der Waals surface area contributed by atoms with Gasteiger partial charge in [0, 0.05) is 18.0 Å². The zero-order valence-corrected chi connectivity index (χ0v) is 14.7. The lowest BCUT2D eigenvalue weighted by atomic mass is 9.93. The van der Waals surface area contributed by atoms with Gasteiger partial charge in [-0.1, -0.05) is 53.5 Å². The number of rotatable bonds is 3. The maximum atomic E-state index is 6.23. The van der Waals surface area contributed by atoms with Crippen molar-refractivity contribution in [2.75, 3.05) is 7.05 Å². The van der Waals surface area contributed by atoms with E-state index >= 15 is 0 Å². The first-order valence-electron chi connectivity index (χ1n) is 7.74. The first kappa shape index (κ1) is 15.9. The van der Waals surface area contributed by atoms with E-state index < -0.39 is 0 Å². The summed E-state index contributed by atoms with van der Waals surface area (Å²) >= 11 is 12.3.